The molecule has 6 heteroatoms. The van der Waals surface area contributed by atoms with E-state index in [4.69, 9.17) is 15.3 Å². The van der Waals surface area contributed by atoms with Crippen LogP contribution < -0.4 is 20.9 Å². The molecule has 0 saturated heterocycles. The number of nitrogens with two attached hydrogens (primary N) is 1. The van der Waals surface area contributed by atoms with E-state index in [9.17, 15) is 0 Å². The molecule has 0 heterocycles. The van der Waals surface area contributed by atoms with Crippen molar-refractivity contribution in [2.75, 3.05) is 38.8 Å². The lowest BCUT2D eigenvalue weighted by Gasteiger charge is -2.22. The van der Waals surface area contributed by atoms with Crippen molar-refractivity contribution in [3.8, 4) is 5.75 Å². The third-order valence-electron chi connectivity index (χ3n) is 2.81. The first kappa shape index (κ1) is 16.3. The van der Waals surface area contributed by atoms with Crippen molar-refractivity contribution in [2.24, 2.45) is 10.8 Å². The van der Waals surface area contributed by atoms with E-state index in [0.29, 0.717) is 19.1 Å². The summed E-state index contributed by atoms with van der Waals surface area (Å²) in [6.45, 7) is 4.06. The van der Waals surface area contributed by atoms with Gasteiger partial charge in [-0.2, -0.15) is 0 Å². The Morgan fingerprint density at radius 3 is 2.80 bits per heavy atom. The third-order valence-corrected chi connectivity index (χ3v) is 2.81. The topological polar surface area (TPSA) is 72.1 Å². The standard InChI is InChI=1S/C14H24N4O2/c1-4-20-11-7-10-16-14(17-15)18(2)12-8-5-6-9-13(12)19-3/h5-6,8-9H,4,7,10-11,15H2,1-3H3,(H,16,17). The fraction of sp³-hybridized carbons (Fsp3) is 0.500. The summed E-state index contributed by atoms with van der Waals surface area (Å²) in [5, 5.41) is 0. The summed E-state index contributed by atoms with van der Waals surface area (Å²) in [6.07, 6.45) is 0.860. The summed E-state index contributed by atoms with van der Waals surface area (Å²) in [5.41, 5.74) is 3.52. The minimum atomic E-state index is 0.589. The van der Waals surface area contributed by atoms with E-state index < -0.39 is 0 Å². The van der Waals surface area contributed by atoms with Gasteiger partial charge in [-0.1, -0.05) is 12.1 Å². The fourth-order valence-electron chi connectivity index (χ4n) is 1.77. The highest BCUT2D eigenvalue weighted by Crippen LogP contribution is 2.26. The summed E-state index contributed by atoms with van der Waals surface area (Å²) in [7, 11) is 3.53. The number of ether oxygens (including phenoxy) is 2. The molecule has 0 aliphatic carbocycles. The van der Waals surface area contributed by atoms with E-state index in [2.05, 4.69) is 10.4 Å². The van der Waals surface area contributed by atoms with Crippen LogP contribution in [-0.4, -0.2) is 39.9 Å². The van der Waals surface area contributed by atoms with Crippen LogP contribution in [0.4, 0.5) is 5.69 Å². The van der Waals surface area contributed by atoms with Crippen LogP contribution in [0.1, 0.15) is 13.3 Å². The minimum absolute atomic E-state index is 0.589. The highest BCUT2D eigenvalue weighted by molar-refractivity contribution is 5.96. The first-order chi connectivity index (χ1) is 9.74. The Labute approximate surface area is 120 Å². The van der Waals surface area contributed by atoms with Gasteiger partial charge in [-0.25, -0.2) is 5.84 Å². The van der Waals surface area contributed by atoms with Gasteiger partial charge in [-0.05, 0) is 25.5 Å². The molecule has 0 aliphatic heterocycles. The molecule has 1 aromatic carbocycles. The predicted molar refractivity (Wildman–Crippen MR) is 82.1 cm³/mol. The minimum Gasteiger partial charge on any atom is -0.495 e. The first-order valence-corrected chi connectivity index (χ1v) is 6.70. The summed E-state index contributed by atoms with van der Waals surface area (Å²) >= 11 is 0. The molecule has 6 nitrogen and oxygen atoms in total. The average Bonchev–Trinajstić information content (AvgIpc) is 2.50. The molecular formula is C14H24N4O2. The number of nitrogens with one attached hydrogen (secondary N) is 1. The number of benzene rings is 1. The molecule has 0 amide bonds. The van der Waals surface area contributed by atoms with Crippen LogP contribution in [0.2, 0.25) is 0 Å². The molecule has 20 heavy (non-hydrogen) atoms. The number of hydrazine groups is 1. The van der Waals surface area contributed by atoms with Gasteiger partial charge in [0.15, 0.2) is 0 Å². The van der Waals surface area contributed by atoms with E-state index in [-0.39, 0.29) is 0 Å². The van der Waals surface area contributed by atoms with Gasteiger partial charge < -0.3 is 14.4 Å². The van der Waals surface area contributed by atoms with Crippen LogP contribution in [0.15, 0.2) is 29.3 Å². The van der Waals surface area contributed by atoms with Crippen molar-refractivity contribution >= 4 is 11.6 Å². The van der Waals surface area contributed by atoms with Crippen molar-refractivity contribution in [2.45, 2.75) is 13.3 Å². The second kappa shape index (κ2) is 9.17. The maximum atomic E-state index is 5.55. The SMILES string of the molecule is CCOCCCN=C(NN)N(C)c1ccccc1OC. The zero-order valence-corrected chi connectivity index (χ0v) is 12.4. The van der Waals surface area contributed by atoms with Gasteiger partial charge >= 0.3 is 0 Å². The number of aliphatic imine (C=N–C) groups is 1. The van der Waals surface area contributed by atoms with Crippen molar-refractivity contribution in [1.29, 1.82) is 0 Å². The number of rotatable bonds is 7. The van der Waals surface area contributed by atoms with Gasteiger partial charge in [0.2, 0.25) is 5.96 Å². The second-order valence-corrected chi connectivity index (χ2v) is 4.13. The average molecular weight is 280 g/mol. The Hall–Kier alpha value is -1.79. The molecule has 0 fully saturated rings. The van der Waals surface area contributed by atoms with Crippen LogP contribution in [0, 0.1) is 0 Å². The molecule has 0 spiro atoms. The smallest absolute Gasteiger partial charge is 0.212 e. The van der Waals surface area contributed by atoms with E-state index in [1.54, 1.807) is 7.11 Å². The number of guanidine groups is 1. The lowest BCUT2D eigenvalue weighted by atomic mass is 10.3. The summed E-state index contributed by atoms with van der Waals surface area (Å²) < 4.78 is 10.6. The van der Waals surface area contributed by atoms with Crippen molar-refractivity contribution in [3.63, 3.8) is 0 Å². The Bertz CT molecular complexity index is 423. The van der Waals surface area contributed by atoms with Crippen LogP contribution in [0.3, 0.4) is 0 Å². The predicted octanol–water partition coefficient (Wildman–Crippen LogP) is 1.38. The molecule has 0 aliphatic rings. The number of hydrogen-bond donors (Lipinski definition) is 2. The Balaban J connectivity index is 2.70. The number of nitrogens with zero attached hydrogens (tertiary/aromatic N) is 2. The summed E-state index contributed by atoms with van der Waals surface area (Å²) in [4.78, 5) is 6.30. The van der Waals surface area contributed by atoms with Crippen LogP contribution >= 0.6 is 0 Å². The maximum absolute atomic E-state index is 5.55. The molecule has 1 rings (SSSR count). The fourth-order valence-corrected chi connectivity index (χ4v) is 1.77. The molecule has 1 aromatic rings. The molecule has 0 atom stereocenters. The normalized spacial score (nSPS) is 11.3. The van der Waals surface area contributed by atoms with Gasteiger partial charge in [0.1, 0.15) is 5.75 Å². The van der Waals surface area contributed by atoms with E-state index in [0.717, 1.165) is 24.5 Å². The molecule has 0 saturated carbocycles. The van der Waals surface area contributed by atoms with Crippen LogP contribution in [-0.2, 0) is 4.74 Å². The number of para-hydroxylation sites is 2. The van der Waals surface area contributed by atoms with E-state index in [1.807, 2.05) is 43.1 Å². The van der Waals surface area contributed by atoms with Crippen molar-refractivity contribution < 1.29 is 9.47 Å². The van der Waals surface area contributed by atoms with Crippen molar-refractivity contribution in [3.05, 3.63) is 24.3 Å². The monoisotopic (exact) mass is 280 g/mol. The van der Waals surface area contributed by atoms with E-state index >= 15 is 0 Å². The second-order valence-electron chi connectivity index (χ2n) is 4.13. The Kier molecular flexibility index (Phi) is 7.46. The molecule has 0 radical (unpaired) electrons. The Morgan fingerprint density at radius 2 is 2.15 bits per heavy atom. The van der Waals surface area contributed by atoms with Gasteiger partial charge in [-0.15, -0.1) is 0 Å². The molecule has 0 bridgehead atoms. The van der Waals surface area contributed by atoms with Crippen LogP contribution in [0.5, 0.6) is 5.75 Å². The quantitative estimate of drug-likeness (QED) is 0.259. The van der Waals surface area contributed by atoms with Gasteiger partial charge in [0.05, 0.1) is 12.8 Å². The zero-order chi connectivity index (χ0) is 14.8. The summed E-state index contributed by atoms with van der Waals surface area (Å²) in [6, 6.07) is 7.71. The number of hydrogen-bond acceptors (Lipinski definition) is 4. The highest BCUT2D eigenvalue weighted by Gasteiger charge is 2.11. The van der Waals surface area contributed by atoms with Gasteiger partial charge in [0, 0.05) is 26.8 Å². The first-order valence-electron chi connectivity index (χ1n) is 6.70. The zero-order valence-electron chi connectivity index (χ0n) is 12.4. The number of methoxy groups -OCH3 is 1. The Morgan fingerprint density at radius 1 is 1.40 bits per heavy atom. The van der Waals surface area contributed by atoms with Crippen molar-refractivity contribution in [1.82, 2.24) is 5.43 Å². The molecule has 0 unspecified atom stereocenters. The lowest BCUT2D eigenvalue weighted by molar-refractivity contribution is 0.146. The molecular weight excluding hydrogens is 256 g/mol. The van der Waals surface area contributed by atoms with Crippen LogP contribution in [0.25, 0.3) is 0 Å². The van der Waals surface area contributed by atoms with Gasteiger partial charge in [-0.3, -0.25) is 10.4 Å². The highest BCUT2D eigenvalue weighted by atomic mass is 16.5. The largest absolute Gasteiger partial charge is 0.495 e. The third kappa shape index (κ3) is 4.71. The van der Waals surface area contributed by atoms with E-state index in [1.165, 1.54) is 0 Å². The molecule has 112 valence electrons. The lowest BCUT2D eigenvalue weighted by Crippen LogP contribution is -2.43. The molecule has 0 aromatic heterocycles. The number of anilines is 1. The summed E-state index contributed by atoms with van der Waals surface area (Å²) in [5.74, 6) is 6.91. The van der Waals surface area contributed by atoms with Gasteiger partial charge in [0.25, 0.3) is 0 Å². The maximum Gasteiger partial charge on any atom is 0.212 e. The molecule has 3 N–H and O–H groups in total.